The first-order chi connectivity index (χ1) is 17.0. The third-order valence-corrected chi connectivity index (χ3v) is 6.03. The highest BCUT2D eigenvalue weighted by atomic mass is 35.5. The fourth-order valence-corrected chi connectivity index (χ4v) is 4.04. The van der Waals surface area contributed by atoms with Crippen LogP contribution in [-0.4, -0.2) is 66.0 Å². The molecule has 182 valence electrons. The summed E-state index contributed by atoms with van der Waals surface area (Å²) in [5.41, 5.74) is 1.89. The molecule has 0 atom stereocenters. The third-order valence-electron chi connectivity index (χ3n) is 5.77. The van der Waals surface area contributed by atoms with Crippen LogP contribution in [0.3, 0.4) is 0 Å². The van der Waals surface area contributed by atoms with Crippen molar-refractivity contribution in [2.24, 2.45) is 0 Å². The highest BCUT2D eigenvalue weighted by molar-refractivity contribution is 6.30. The highest BCUT2D eigenvalue weighted by Gasteiger charge is 2.23. The normalized spacial score (nSPS) is 13.4. The van der Waals surface area contributed by atoms with E-state index in [1.165, 1.54) is 6.92 Å². The molecule has 3 aromatic rings. The van der Waals surface area contributed by atoms with Crippen molar-refractivity contribution in [2.75, 3.05) is 49.5 Å². The van der Waals surface area contributed by atoms with Crippen LogP contribution in [0.4, 0.5) is 11.6 Å². The fourth-order valence-electron chi connectivity index (χ4n) is 3.91. The molecule has 2 aromatic carbocycles. The molecule has 1 aliphatic rings. The maximum absolute atomic E-state index is 12.8. The SMILES string of the molecule is CC(=O)NCCNc1cc(N2CCN(C(=O)Cc3ccccc3)CC2)nc(-c2ccc(Cl)cc2)n1. The third kappa shape index (κ3) is 6.93. The molecule has 4 rings (SSSR count). The van der Waals surface area contributed by atoms with Gasteiger partial charge < -0.3 is 20.4 Å². The molecule has 2 heterocycles. The lowest BCUT2D eigenvalue weighted by atomic mass is 10.1. The van der Waals surface area contributed by atoms with Crippen molar-refractivity contribution < 1.29 is 9.59 Å². The number of carbonyl (C=O) groups excluding carboxylic acids is 2. The lowest BCUT2D eigenvalue weighted by molar-refractivity contribution is -0.130. The van der Waals surface area contributed by atoms with Gasteiger partial charge in [0, 0.05) is 62.8 Å². The monoisotopic (exact) mass is 492 g/mol. The average molecular weight is 493 g/mol. The lowest BCUT2D eigenvalue weighted by Crippen LogP contribution is -2.49. The molecule has 0 unspecified atom stereocenters. The largest absolute Gasteiger partial charge is 0.368 e. The molecule has 1 aromatic heterocycles. The Morgan fingerprint density at radius 1 is 0.943 bits per heavy atom. The number of nitrogens with zero attached hydrogens (tertiary/aromatic N) is 4. The number of hydrogen-bond donors (Lipinski definition) is 2. The Labute approximate surface area is 210 Å². The second kappa shape index (κ2) is 11.7. The van der Waals surface area contributed by atoms with Gasteiger partial charge in [0.2, 0.25) is 11.8 Å². The molecule has 0 bridgehead atoms. The minimum atomic E-state index is -0.0725. The average Bonchev–Trinajstić information content (AvgIpc) is 2.87. The van der Waals surface area contributed by atoms with E-state index in [1.54, 1.807) is 0 Å². The van der Waals surface area contributed by atoms with Crippen LogP contribution in [0.1, 0.15) is 12.5 Å². The first-order valence-electron chi connectivity index (χ1n) is 11.7. The number of nitrogens with one attached hydrogen (secondary N) is 2. The van der Waals surface area contributed by atoms with E-state index in [0.717, 1.165) is 16.9 Å². The number of piperazine rings is 1. The summed E-state index contributed by atoms with van der Waals surface area (Å²) in [4.78, 5) is 37.5. The van der Waals surface area contributed by atoms with Crippen molar-refractivity contribution >= 4 is 35.1 Å². The number of amides is 2. The van der Waals surface area contributed by atoms with Crippen LogP contribution in [0.15, 0.2) is 60.7 Å². The Balaban J connectivity index is 1.46. The van der Waals surface area contributed by atoms with Gasteiger partial charge in [-0.15, -0.1) is 0 Å². The predicted octanol–water partition coefficient (Wildman–Crippen LogP) is 3.24. The van der Waals surface area contributed by atoms with Crippen LogP contribution >= 0.6 is 11.6 Å². The molecule has 2 amide bonds. The highest BCUT2D eigenvalue weighted by Crippen LogP contribution is 2.25. The Morgan fingerprint density at radius 3 is 2.34 bits per heavy atom. The topological polar surface area (TPSA) is 90.5 Å². The van der Waals surface area contributed by atoms with Crippen LogP contribution in [0.2, 0.25) is 5.02 Å². The van der Waals surface area contributed by atoms with Crippen LogP contribution in [-0.2, 0) is 16.0 Å². The lowest BCUT2D eigenvalue weighted by Gasteiger charge is -2.35. The summed E-state index contributed by atoms with van der Waals surface area (Å²) < 4.78 is 0. The fraction of sp³-hybridized carbons (Fsp3) is 0.308. The number of anilines is 2. The van der Waals surface area contributed by atoms with E-state index in [-0.39, 0.29) is 11.8 Å². The van der Waals surface area contributed by atoms with Crippen molar-refractivity contribution in [2.45, 2.75) is 13.3 Å². The maximum Gasteiger partial charge on any atom is 0.227 e. The van der Waals surface area contributed by atoms with Crippen LogP contribution in [0, 0.1) is 0 Å². The zero-order valence-corrected chi connectivity index (χ0v) is 20.5. The molecule has 9 heteroatoms. The maximum atomic E-state index is 12.8. The zero-order valence-electron chi connectivity index (χ0n) is 19.7. The van der Waals surface area contributed by atoms with E-state index in [0.29, 0.717) is 62.4 Å². The molecule has 0 saturated carbocycles. The second-order valence-corrected chi connectivity index (χ2v) is 8.82. The van der Waals surface area contributed by atoms with Crippen LogP contribution < -0.4 is 15.5 Å². The number of hydrogen-bond acceptors (Lipinski definition) is 6. The number of halogens is 1. The van der Waals surface area contributed by atoms with Crippen molar-refractivity contribution in [3.8, 4) is 11.4 Å². The second-order valence-electron chi connectivity index (χ2n) is 8.38. The van der Waals surface area contributed by atoms with E-state index < -0.39 is 0 Å². The van der Waals surface area contributed by atoms with Crippen molar-refractivity contribution in [1.82, 2.24) is 20.2 Å². The zero-order chi connectivity index (χ0) is 24.6. The predicted molar refractivity (Wildman–Crippen MR) is 139 cm³/mol. The number of carbonyl (C=O) groups is 2. The van der Waals surface area contributed by atoms with Gasteiger partial charge in [-0.05, 0) is 29.8 Å². The summed E-state index contributed by atoms with van der Waals surface area (Å²) in [5.74, 6) is 2.12. The molecule has 1 saturated heterocycles. The van der Waals surface area contributed by atoms with Crippen molar-refractivity contribution in [3.63, 3.8) is 0 Å². The van der Waals surface area contributed by atoms with Crippen molar-refractivity contribution in [1.29, 1.82) is 0 Å². The number of benzene rings is 2. The van der Waals surface area contributed by atoms with E-state index in [4.69, 9.17) is 16.6 Å². The van der Waals surface area contributed by atoms with Gasteiger partial charge in [0.1, 0.15) is 11.6 Å². The summed E-state index contributed by atoms with van der Waals surface area (Å²) in [7, 11) is 0. The molecule has 8 nitrogen and oxygen atoms in total. The molecule has 0 aliphatic carbocycles. The van der Waals surface area contributed by atoms with E-state index in [2.05, 4.69) is 20.5 Å². The van der Waals surface area contributed by atoms with Gasteiger partial charge in [-0.25, -0.2) is 9.97 Å². The Morgan fingerprint density at radius 2 is 1.66 bits per heavy atom. The molecular formula is C26H29ClN6O2. The van der Waals surface area contributed by atoms with Gasteiger partial charge in [-0.3, -0.25) is 9.59 Å². The Kier molecular flexibility index (Phi) is 8.15. The van der Waals surface area contributed by atoms with Crippen LogP contribution in [0.25, 0.3) is 11.4 Å². The molecule has 35 heavy (non-hydrogen) atoms. The molecule has 1 fully saturated rings. The molecule has 1 aliphatic heterocycles. The summed E-state index contributed by atoms with van der Waals surface area (Å²) in [6.07, 6.45) is 0.414. The Hall–Kier alpha value is -3.65. The minimum absolute atomic E-state index is 0.0725. The van der Waals surface area contributed by atoms with Gasteiger partial charge in [0.15, 0.2) is 5.82 Å². The van der Waals surface area contributed by atoms with Gasteiger partial charge in [-0.1, -0.05) is 41.9 Å². The Bertz CT molecular complexity index is 1150. The van der Waals surface area contributed by atoms with Gasteiger partial charge in [0.25, 0.3) is 0 Å². The molecule has 0 spiro atoms. The molecular weight excluding hydrogens is 464 g/mol. The molecule has 0 radical (unpaired) electrons. The molecule has 2 N–H and O–H groups in total. The standard InChI is InChI=1S/C26H29ClN6O2/c1-19(34)28-11-12-29-23-18-24(31-26(30-23)21-7-9-22(27)10-8-21)32-13-15-33(16-14-32)25(35)17-20-5-3-2-4-6-20/h2-10,18H,11-17H2,1H3,(H,28,34)(H,29,30,31). The van der Waals surface area contributed by atoms with Gasteiger partial charge in [0.05, 0.1) is 6.42 Å². The first kappa shape index (κ1) is 24.5. The number of rotatable bonds is 8. The van der Waals surface area contributed by atoms with Gasteiger partial charge >= 0.3 is 0 Å². The summed E-state index contributed by atoms with van der Waals surface area (Å²) in [5, 5.41) is 6.69. The van der Waals surface area contributed by atoms with E-state index in [9.17, 15) is 9.59 Å². The van der Waals surface area contributed by atoms with Crippen LogP contribution in [0.5, 0.6) is 0 Å². The first-order valence-corrected chi connectivity index (χ1v) is 12.1. The smallest absolute Gasteiger partial charge is 0.227 e. The minimum Gasteiger partial charge on any atom is -0.368 e. The van der Waals surface area contributed by atoms with Gasteiger partial charge in [-0.2, -0.15) is 0 Å². The number of aromatic nitrogens is 2. The quantitative estimate of drug-likeness (QED) is 0.469. The summed E-state index contributed by atoms with van der Waals surface area (Å²) >= 11 is 6.06. The summed E-state index contributed by atoms with van der Waals surface area (Å²) in [6, 6.07) is 19.1. The summed E-state index contributed by atoms with van der Waals surface area (Å²) in [6.45, 7) is 5.16. The van der Waals surface area contributed by atoms with Crippen molar-refractivity contribution in [3.05, 3.63) is 71.2 Å². The van der Waals surface area contributed by atoms with E-state index in [1.807, 2.05) is 65.6 Å². The van der Waals surface area contributed by atoms with E-state index >= 15 is 0 Å².